The maximum atomic E-state index is 9.30. The molecule has 0 rings (SSSR count). The quantitative estimate of drug-likeness (QED) is 0.555. The summed E-state index contributed by atoms with van der Waals surface area (Å²) in [6.07, 6.45) is 0. The molecule has 0 aliphatic carbocycles. The van der Waals surface area contributed by atoms with Gasteiger partial charge < -0.3 is 0 Å². The molecule has 0 heterocycles. The van der Waals surface area contributed by atoms with Crippen molar-refractivity contribution in [2.24, 2.45) is 0 Å². The van der Waals surface area contributed by atoms with E-state index in [1.807, 2.05) is 0 Å². The average molecular weight is 352 g/mol. The van der Waals surface area contributed by atoms with Crippen LogP contribution in [0, 0.1) is 0 Å². The van der Waals surface area contributed by atoms with Crippen molar-refractivity contribution in [3.63, 3.8) is 0 Å². The molecule has 0 aliphatic rings. The summed E-state index contributed by atoms with van der Waals surface area (Å²) in [6, 6.07) is 0. The fraction of sp³-hybridized carbons (Fsp3) is 0. The number of rotatable bonds is 2. The van der Waals surface area contributed by atoms with E-state index in [1.54, 1.807) is 0 Å². The first-order valence-corrected chi connectivity index (χ1v) is 6.12. The standard InChI is InChI=1S/O2Si.3O.2Sb/c1-3-2;;;;;. The average Bonchev–Trinajstić information content (AvgIpc) is 1.71. The summed E-state index contributed by atoms with van der Waals surface area (Å²) < 4.78 is 39.4. The molecule has 5 nitrogen and oxygen atoms in total. The van der Waals surface area contributed by atoms with E-state index < -0.39 is 53.3 Å². The van der Waals surface area contributed by atoms with E-state index in [9.17, 15) is 6.03 Å². The third kappa shape index (κ3) is 27.9. The Morgan fingerprint density at radius 2 is 1.38 bits per heavy atom. The van der Waals surface area contributed by atoms with E-state index in [2.05, 4.69) is 1.29 Å². The zero-order valence-electron chi connectivity index (χ0n) is 3.44. The summed E-state index contributed by atoms with van der Waals surface area (Å²) in [6.45, 7) is 0. The van der Waals surface area contributed by atoms with Gasteiger partial charge in [-0.2, -0.15) is 0 Å². The van der Waals surface area contributed by atoms with Crippen molar-refractivity contribution in [1.82, 2.24) is 0 Å². The summed E-state index contributed by atoms with van der Waals surface area (Å²) in [4.78, 5) is 0. The zero-order chi connectivity index (χ0) is 6.83. The summed E-state index contributed by atoms with van der Waals surface area (Å²) in [5, 5.41) is 0. The van der Waals surface area contributed by atoms with Crippen molar-refractivity contribution in [2.75, 3.05) is 0 Å². The van der Waals surface area contributed by atoms with Crippen LogP contribution in [0.25, 0.3) is 0 Å². The minimum atomic E-state index is -1.66. The first-order valence-electron chi connectivity index (χ1n) is 1.14. The van der Waals surface area contributed by atoms with Gasteiger partial charge in [-0.25, -0.2) is 0 Å². The van der Waals surface area contributed by atoms with Gasteiger partial charge in [0.1, 0.15) is 0 Å². The van der Waals surface area contributed by atoms with Crippen molar-refractivity contribution < 1.29 is 16.3 Å². The van der Waals surface area contributed by atoms with Gasteiger partial charge in [-0.3, -0.25) is 8.92 Å². The molecule has 0 unspecified atom stereocenters. The Morgan fingerprint density at radius 1 is 1.12 bits per heavy atom. The molecule has 0 aromatic rings. The molecule has 0 N–H and O–H groups in total. The van der Waals surface area contributed by atoms with Crippen LogP contribution in [0.5, 0.6) is 0 Å². The molecule has 8 heteroatoms. The Labute approximate surface area is 69.1 Å². The van der Waals surface area contributed by atoms with Crippen molar-refractivity contribution in [1.29, 1.82) is 0 Å². The van der Waals surface area contributed by atoms with Gasteiger partial charge in [-0.15, -0.1) is 0 Å². The molecule has 0 amide bonds. The van der Waals surface area contributed by atoms with Crippen LogP contribution in [-0.2, 0) is 16.3 Å². The molecule has 0 aromatic carbocycles. The molecule has 0 aromatic heterocycles. The third-order valence-electron chi connectivity index (χ3n) is 0.0667. The van der Waals surface area contributed by atoms with Crippen molar-refractivity contribution in [3.8, 4) is 0 Å². The number of hydrogen-bond donors (Lipinski definition) is 0. The van der Waals surface area contributed by atoms with E-state index >= 15 is 0 Å². The van der Waals surface area contributed by atoms with Crippen LogP contribution in [0.2, 0.25) is 0 Å². The Balaban J connectivity index is 0. The van der Waals surface area contributed by atoms with Crippen LogP contribution in [-0.4, -0.2) is 53.3 Å². The second-order valence-corrected chi connectivity index (χ2v) is 4.92. The monoisotopic (exact) mass is 350 g/mol. The minimum absolute atomic E-state index is 1.42. The molecule has 44 valence electrons. The Kier molecular flexibility index (Phi) is 23.1. The SMILES string of the molecule is O=[Si]=O.[O]=[Sb][O][Sb]=[O]. The van der Waals surface area contributed by atoms with Gasteiger partial charge in [0, 0.05) is 0 Å². The van der Waals surface area contributed by atoms with Crippen LogP contribution < -0.4 is 0 Å². The molecule has 0 spiro atoms. The first-order chi connectivity index (χ1) is 3.83. The predicted molar refractivity (Wildman–Crippen MR) is 21.1 cm³/mol. The Morgan fingerprint density at radius 3 is 1.38 bits per heavy atom. The van der Waals surface area contributed by atoms with Gasteiger partial charge in [0.25, 0.3) is 0 Å². The molecule has 8 heavy (non-hydrogen) atoms. The molecule has 0 aliphatic heterocycles. The van der Waals surface area contributed by atoms with E-state index in [0.29, 0.717) is 0 Å². The fourth-order valence-corrected chi connectivity index (χ4v) is 0.612. The van der Waals surface area contributed by atoms with Crippen molar-refractivity contribution in [2.45, 2.75) is 0 Å². The summed E-state index contributed by atoms with van der Waals surface area (Å²) in [7, 11) is -1.42. The van der Waals surface area contributed by atoms with E-state index in [4.69, 9.17) is 8.92 Å². The second kappa shape index (κ2) is 15.7. The molecular weight excluding hydrogens is 352 g/mol. The third-order valence-corrected chi connectivity index (χ3v) is 3.00. The predicted octanol–water partition coefficient (Wildman–Crippen LogP) is -1.69. The Bertz CT molecular complexity index is 86.6. The van der Waals surface area contributed by atoms with Crippen LogP contribution in [0.1, 0.15) is 0 Å². The Hall–Kier alpha value is 1.01. The van der Waals surface area contributed by atoms with Gasteiger partial charge in [0.2, 0.25) is 0 Å². The summed E-state index contributed by atoms with van der Waals surface area (Å²) >= 11 is -3.31. The van der Waals surface area contributed by atoms with Crippen LogP contribution in [0.15, 0.2) is 0 Å². The van der Waals surface area contributed by atoms with Gasteiger partial charge in [0.05, 0.1) is 0 Å². The zero-order valence-corrected chi connectivity index (χ0v) is 9.54. The summed E-state index contributed by atoms with van der Waals surface area (Å²) in [5.41, 5.74) is 0. The van der Waals surface area contributed by atoms with Crippen LogP contribution >= 0.6 is 0 Å². The molecule has 0 saturated heterocycles. The topological polar surface area (TPSA) is 77.5 Å². The van der Waals surface area contributed by atoms with Crippen LogP contribution in [0.4, 0.5) is 0 Å². The maximum absolute atomic E-state index is 9.30. The first kappa shape index (κ1) is 11.8. The number of hydrogen-bond acceptors (Lipinski definition) is 5. The second-order valence-electron chi connectivity index (χ2n) is 0.314. The molecule has 0 atom stereocenters. The summed E-state index contributed by atoms with van der Waals surface area (Å²) in [5.74, 6) is 0. The van der Waals surface area contributed by atoms with Gasteiger partial charge in [-0.05, 0) is 0 Å². The van der Waals surface area contributed by atoms with Gasteiger partial charge in [-0.1, -0.05) is 0 Å². The molecule has 0 saturated carbocycles. The van der Waals surface area contributed by atoms with Crippen molar-refractivity contribution >= 4 is 53.3 Å². The van der Waals surface area contributed by atoms with E-state index in [-0.39, 0.29) is 0 Å². The molecule has 0 fully saturated rings. The normalized spacial score (nSPS) is 5.00. The van der Waals surface area contributed by atoms with Gasteiger partial charge >= 0.3 is 60.7 Å². The van der Waals surface area contributed by atoms with Crippen molar-refractivity contribution in [3.05, 3.63) is 0 Å². The fourth-order valence-electron chi connectivity index (χ4n) is 0.0136. The molecule has 0 bridgehead atoms. The van der Waals surface area contributed by atoms with Gasteiger partial charge in [0.15, 0.2) is 0 Å². The molecular formula is O5Sb2Si. The van der Waals surface area contributed by atoms with E-state index in [0.717, 1.165) is 0 Å². The van der Waals surface area contributed by atoms with Crippen LogP contribution in [0.3, 0.4) is 0 Å². The molecule has 0 radical (unpaired) electrons. The van der Waals surface area contributed by atoms with E-state index in [1.165, 1.54) is 0 Å².